The van der Waals surface area contributed by atoms with Gasteiger partial charge in [0.15, 0.2) is 0 Å². The van der Waals surface area contributed by atoms with E-state index in [1.165, 1.54) is 24.2 Å². The van der Waals surface area contributed by atoms with Gasteiger partial charge in [-0.1, -0.05) is 12.1 Å². The van der Waals surface area contributed by atoms with Crippen LogP contribution in [0.15, 0.2) is 24.3 Å². The lowest BCUT2D eigenvalue weighted by Gasteiger charge is -2.23. The molecule has 0 aliphatic carbocycles. The molecular weight excluding hydrogens is 210 g/mol. The van der Waals surface area contributed by atoms with E-state index in [1.807, 2.05) is 6.92 Å². The molecule has 1 atom stereocenters. The maximum absolute atomic E-state index is 5.87. The Balaban J connectivity index is 2.06. The predicted molar refractivity (Wildman–Crippen MR) is 73.4 cm³/mol. The summed E-state index contributed by atoms with van der Waals surface area (Å²) in [7, 11) is 2.20. The fourth-order valence-electron chi connectivity index (χ4n) is 2.29. The molecule has 0 radical (unpaired) electrons. The first-order valence-electron chi connectivity index (χ1n) is 6.46. The number of rotatable bonds is 2. The molecule has 2 rings (SSSR count). The molecule has 1 fully saturated rings. The predicted octanol–water partition coefficient (Wildman–Crippen LogP) is 1.85. The Morgan fingerprint density at radius 2 is 1.76 bits per heavy atom. The molecule has 1 unspecified atom stereocenters. The molecular formula is C14H23N3. The van der Waals surface area contributed by atoms with E-state index >= 15 is 0 Å². The van der Waals surface area contributed by atoms with Crippen molar-refractivity contribution < 1.29 is 0 Å². The largest absolute Gasteiger partial charge is 0.370 e. The monoisotopic (exact) mass is 233 g/mol. The smallest absolute Gasteiger partial charge is 0.0366 e. The molecule has 0 spiro atoms. The lowest BCUT2D eigenvalue weighted by Crippen LogP contribution is -2.28. The second-order valence-electron chi connectivity index (χ2n) is 5.02. The molecule has 0 amide bonds. The van der Waals surface area contributed by atoms with Crippen molar-refractivity contribution >= 4 is 5.69 Å². The molecule has 3 heteroatoms. The third-order valence-corrected chi connectivity index (χ3v) is 3.50. The van der Waals surface area contributed by atoms with Crippen LogP contribution >= 0.6 is 0 Å². The number of likely N-dealkylation sites (N-methyl/N-ethyl adjacent to an activating group) is 1. The van der Waals surface area contributed by atoms with Crippen LogP contribution in [0, 0.1) is 0 Å². The van der Waals surface area contributed by atoms with Gasteiger partial charge in [-0.05, 0) is 44.6 Å². The van der Waals surface area contributed by atoms with Crippen LogP contribution in [0.5, 0.6) is 0 Å². The highest BCUT2D eigenvalue weighted by Gasteiger charge is 2.12. The van der Waals surface area contributed by atoms with Crippen LogP contribution in [0.4, 0.5) is 5.69 Å². The van der Waals surface area contributed by atoms with Gasteiger partial charge in [-0.3, -0.25) is 0 Å². The second kappa shape index (κ2) is 5.52. The summed E-state index contributed by atoms with van der Waals surface area (Å²) >= 11 is 0. The van der Waals surface area contributed by atoms with E-state index in [4.69, 9.17) is 5.73 Å². The van der Waals surface area contributed by atoms with Gasteiger partial charge >= 0.3 is 0 Å². The summed E-state index contributed by atoms with van der Waals surface area (Å²) < 4.78 is 0. The van der Waals surface area contributed by atoms with Gasteiger partial charge in [-0.15, -0.1) is 0 Å². The van der Waals surface area contributed by atoms with Crippen molar-refractivity contribution in [3.8, 4) is 0 Å². The first-order valence-corrected chi connectivity index (χ1v) is 6.46. The summed E-state index contributed by atoms with van der Waals surface area (Å²) in [5.41, 5.74) is 8.40. The van der Waals surface area contributed by atoms with Crippen molar-refractivity contribution in [2.24, 2.45) is 5.73 Å². The van der Waals surface area contributed by atoms with Crippen LogP contribution in [-0.2, 0) is 0 Å². The number of hydrogen-bond donors (Lipinski definition) is 1. The molecule has 3 nitrogen and oxygen atoms in total. The maximum atomic E-state index is 5.87. The SMILES string of the molecule is CC(N)c1ccc(N2CCCN(C)CC2)cc1. The number of nitrogens with two attached hydrogens (primary N) is 1. The molecule has 0 aromatic heterocycles. The Morgan fingerprint density at radius 1 is 1.06 bits per heavy atom. The highest BCUT2D eigenvalue weighted by molar-refractivity contribution is 5.48. The van der Waals surface area contributed by atoms with Crippen LogP contribution in [0.2, 0.25) is 0 Å². The van der Waals surface area contributed by atoms with Crippen molar-refractivity contribution in [1.82, 2.24) is 4.90 Å². The standard InChI is InChI=1S/C14H23N3/c1-12(15)13-4-6-14(7-5-13)17-9-3-8-16(2)10-11-17/h4-7,12H,3,8-11,15H2,1-2H3. The number of benzene rings is 1. The first kappa shape index (κ1) is 12.4. The number of hydrogen-bond acceptors (Lipinski definition) is 3. The zero-order chi connectivity index (χ0) is 12.3. The summed E-state index contributed by atoms with van der Waals surface area (Å²) in [6.07, 6.45) is 1.24. The Kier molecular flexibility index (Phi) is 4.02. The van der Waals surface area contributed by atoms with Gasteiger partial charge in [-0.25, -0.2) is 0 Å². The van der Waals surface area contributed by atoms with E-state index in [1.54, 1.807) is 0 Å². The van der Waals surface area contributed by atoms with Gasteiger partial charge in [0.2, 0.25) is 0 Å². The van der Waals surface area contributed by atoms with E-state index in [9.17, 15) is 0 Å². The summed E-state index contributed by atoms with van der Waals surface area (Å²) in [5, 5.41) is 0. The molecule has 1 heterocycles. The van der Waals surface area contributed by atoms with Gasteiger partial charge in [0.1, 0.15) is 0 Å². The third kappa shape index (κ3) is 3.20. The molecule has 94 valence electrons. The molecule has 1 aliphatic heterocycles. The fraction of sp³-hybridized carbons (Fsp3) is 0.571. The lowest BCUT2D eigenvalue weighted by molar-refractivity contribution is 0.360. The van der Waals surface area contributed by atoms with Gasteiger partial charge < -0.3 is 15.5 Å². The Bertz CT molecular complexity index is 345. The summed E-state index contributed by atoms with van der Waals surface area (Å²) in [6.45, 7) is 6.65. The van der Waals surface area contributed by atoms with Crippen LogP contribution in [0.3, 0.4) is 0 Å². The Morgan fingerprint density at radius 3 is 2.41 bits per heavy atom. The first-order chi connectivity index (χ1) is 8.16. The van der Waals surface area contributed by atoms with E-state index in [0.29, 0.717) is 0 Å². The average molecular weight is 233 g/mol. The average Bonchev–Trinajstić information content (AvgIpc) is 2.54. The van der Waals surface area contributed by atoms with Crippen molar-refractivity contribution in [3.05, 3.63) is 29.8 Å². The zero-order valence-electron chi connectivity index (χ0n) is 10.9. The zero-order valence-corrected chi connectivity index (χ0v) is 10.9. The molecule has 17 heavy (non-hydrogen) atoms. The number of nitrogens with zero attached hydrogens (tertiary/aromatic N) is 2. The van der Waals surface area contributed by atoms with E-state index in [0.717, 1.165) is 19.6 Å². The minimum atomic E-state index is 0.124. The van der Waals surface area contributed by atoms with Gasteiger partial charge in [0.05, 0.1) is 0 Å². The molecule has 0 bridgehead atoms. The van der Waals surface area contributed by atoms with Crippen LogP contribution in [0.1, 0.15) is 24.9 Å². The second-order valence-corrected chi connectivity index (χ2v) is 5.02. The normalized spacial score (nSPS) is 20.1. The fourth-order valence-corrected chi connectivity index (χ4v) is 2.29. The molecule has 1 aromatic rings. The summed E-state index contributed by atoms with van der Waals surface area (Å²) in [4.78, 5) is 4.87. The van der Waals surface area contributed by atoms with E-state index in [2.05, 4.69) is 41.1 Å². The van der Waals surface area contributed by atoms with Gasteiger partial charge in [-0.2, -0.15) is 0 Å². The Hall–Kier alpha value is -1.06. The highest BCUT2D eigenvalue weighted by Crippen LogP contribution is 2.19. The van der Waals surface area contributed by atoms with Crippen LogP contribution in [-0.4, -0.2) is 38.1 Å². The summed E-state index contributed by atoms with van der Waals surface area (Å²) in [6, 6.07) is 8.82. The quantitative estimate of drug-likeness (QED) is 0.846. The van der Waals surface area contributed by atoms with Gasteiger partial charge in [0, 0.05) is 31.4 Å². The van der Waals surface area contributed by atoms with Crippen molar-refractivity contribution in [2.75, 3.05) is 38.1 Å². The van der Waals surface area contributed by atoms with Crippen LogP contribution < -0.4 is 10.6 Å². The molecule has 0 saturated carbocycles. The number of anilines is 1. The summed E-state index contributed by atoms with van der Waals surface area (Å²) in [5.74, 6) is 0. The molecule has 1 saturated heterocycles. The van der Waals surface area contributed by atoms with Crippen LogP contribution in [0.25, 0.3) is 0 Å². The van der Waals surface area contributed by atoms with Crippen molar-refractivity contribution in [3.63, 3.8) is 0 Å². The minimum absolute atomic E-state index is 0.124. The maximum Gasteiger partial charge on any atom is 0.0366 e. The molecule has 2 N–H and O–H groups in total. The van der Waals surface area contributed by atoms with E-state index in [-0.39, 0.29) is 6.04 Å². The van der Waals surface area contributed by atoms with E-state index < -0.39 is 0 Å². The van der Waals surface area contributed by atoms with Gasteiger partial charge in [0.25, 0.3) is 0 Å². The topological polar surface area (TPSA) is 32.5 Å². The van der Waals surface area contributed by atoms with Crippen molar-refractivity contribution in [1.29, 1.82) is 0 Å². The minimum Gasteiger partial charge on any atom is -0.370 e. The molecule has 1 aliphatic rings. The van der Waals surface area contributed by atoms with Crippen molar-refractivity contribution in [2.45, 2.75) is 19.4 Å². The molecule has 1 aromatic carbocycles. The Labute approximate surface area is 104 Å². The lowest BCUT2D eigenvalue weighted by atomic mass is 10.1. The highest BCUT2D eigenvalue weighted by atomic mass is 15.2. The third-order valence-electron chi connectivity index (χ3n) is 3.50.